The van der Waals surface area contributed by atoms with Gasteiger partial charge in [0.2, 0.25) is 11.8 Å². The molecule has 0 radical (unpaired) electrons. The first-order valence-corrected chi connectivity index (χ1v) is 13.3. The number of carbonyl (C=O) groups is 3. The quantitative estimate of drug-likeness (QED) is 0.351. The van der Waals surface area contributed by atoms with Gasteiger partial charge < -0.3 is 14.5 Å². The van der Waals surface area contributed by atoms with Gasteiger partial charge in [-0.3, -0.25) is 14.4 Å². The fraction of sp³-hybridized carbons (Fsp3) is 0.250. The van der Waals surface area contributed by atoms with Crippen molar-refractivity contribution in [3.05, 3.63) is 73.1 Å². The van der Waals surface area contributed by atoms with Crippen molar-refractivity contribution in [2.45, 2.75) is 23.1 Å². The van der Waals surface area contributed by atoms with Crippen molar-refractivity contribution in [1.82, 2.24) is 4.98 Å². The molecule has 1 aromatic heterocycles. The summed E-state index contributed by atoms with van der Waals surface area (Å²) in [4.78, 5) is 55.9. The number of thioether (sulfide) groups is 1. The number of para-hydroxylation sites is 1. The molecule has 35 heavy (non-hydrogen) atoms. The summed E-state index contributed by atoms with van der Waals surface area (Å²) in [6.07, 6.45) is 0. The first kappa shape index (κ1) is 23.8. The van der Waals surface area contributed by atoms with Crippen molar-refractivity contribution in [2.75, 3.05) is 18.1 Å². The third-order valence-electron chi connectivity index (χ3n) is 5.80. The van der Waals surface area contributed by atoms with E-state index in [1.807, 2.05) is 6.07 Å². The number of carbonyl (C=O) groups excluding carboxylic acids is 3. The molecule has 1 saturated heterocycles. The summed E-state index contributed by atoms with van der Waals surface area (Å²) in [5.41, 5.74) is 1.10. The van der Waals surface area contributed by atoms with Crippen LogP contribution in [0, 0.1) is 5.92 Å². The average Bonchev–Trinajstić information content (AvgIpc) is 3.33. The number of benzene rings is 2. The highest BCUT2D eigenvalue weighted by molar-refractivity contribution is 9.10. The van der Waals surface area contributed by atoms with Crippen LogP contribution in [0.1, 0.15) is 23.3 Å². The summed E-state index contributed by atoms with van der Waals surface area (Å²) in [5, 5.41) is -0.152. The number of aromatic amines is 1. The topological polar surface area (TPSA) is 106 Å². The molecule has 3 atom stereocenters. The Bertz CT molecular complexity index is 1370. The summed E-state index contributed by atoms with van der Waals surface area (Å²) in [5.74, 6) is -2.20. The number of ether oxygens (including phenoxy) is 2. The molecule has 3 heterocycles. The predicted octanol–water partition coefficient (Wildman–Crippen LogP) is 3.94. The van der Waals surface area contributed by atoms with Gasteiger partial charge in [-0.15, -0.1) is 0 Å². The van der Waals surface area contributed by atoms with Crippen LogP contribution in [0.5, 0.6) is 5.75 Å². The van der Waals surface area contributed by atoms with Crippen molar-refractivity contribution >= 4 is 62.5 Å². The zero-order valence-corrected chi connectivity index (χ0v) is 21.6. The molecule has 2 aliphatic rings. The normalized spacial score (nSPS) is 21.0. The van der Waals surface area contributed by atoms with E-state index in [1.165, 1.54) is 16.7 Å². The minimum absolute atomic E-state index is 0.228. The Balaban J connectivity index is 1.62. The lowest BCUT2D eigenvalue weighted by Gasteiger charge is -2.31. The number of anilines is 1. The molecule has 0 unspecified atom stereocenters. The van der Waals surface area contributed by atoms with Crippen molar-refractivity contribution in [3.8, 4) is 5.75 Å². The highest BCUT2D eigenvalue weighted by Crippen LogP contribution is 2.54. The minimum atomic E-state index is -0.758. The van der Waals surface area contributed by atoms with Crippen LogP contribution in [0.2, 0.25) is 0 Å². The highest BCUT2D eigenvalue weighted by Gasteiger charge is 2.56. The van der Waals surface area contributed by atoms with Gasteiger partial charge >= 0.3 is 10.8 Å². The van der Waals surface area contributed by atoms with E-state index in [4.69, 9.17) is 9.47 Å². The smallest absolute Gasteiger partial charge is 0.344 e. The Morgan fingerprint density at radius 1 is 1.11 bits per heavy atom. The van der Waals surface area contributed by atoms with Gasteiger partial charge in [-0.25, -0.2) is 9.69 Å². The third kappa shape index (κ3) is 4.32. The molecule has 0 spiro atoms. The van der Waals surface area contributed by atoms with Crippen LogP contribution in [-0.4, -0.2) is 41.2 Å². The molecule has 1 fully saturated rings. The molecule has 2 aliphatic heterocycles. The van der Waals surface area contributed by atoms with Crippen molar-refractivity contribution in [2.24, 2.45) is 5.92 Å². The van der Waals surface area contributed by atoms with Crippen LogP contribution in [0.3, 0.4) is 0 Å². The first-order chi connectivity index (χ1) is 16.9. The van der Waals surface area contributed by atoms with Crippen LogP contribution >= 0.6 is 39.0 Å². The molecular formula is C24H19BrN2O6S2. The number of aromatic nitrogens is 1. The van der Waals surface area contributed by atoms with Crippen molar-refractivity contribution in [3.63, 3.8) is 0 Å². The fourth-order valence-electron chi connectivity index (χ4n) is 4.42. The van der Waals surface area contributed by atoms with Crippen molar-refractivity contribution < 1.29 is 23.9 Å². The van der Waals surface area contributed by atoms with Gasteiger partial charge in [0.05, 0.1) is 23.2 Å². The largest absolute Gasteiger partial charge is 0.482 e. The summed E-state index contributed by atoms with van der Waals surface area (Å²) in [6, 6.07) is 14.1. The van der Waals surface area contributed by atoms with Gasteiger partial charge in [0.1, 0.15) is 11.0 Å². The van der Waals surface area contributed by atoms with E-state index in [-0.39, 0.29) is 29.9 Å². The molecule has 8 nitrogen and oxygen atoms in total. The van der Waals surface area contributed by atoms with Gasteiger partial charge in [0, 0.05) is 20.8 Å². The summed E-state index contributed by atoms with van der Waals surface area (Å²) in [7, 11) is 0. The first-order valence-electron chi connectivity index (χ1n) is 10.8. The number of fused-ring (bicyclic) bond motifs is 2. The van der Waals surface area contributed by atoms with E-state index in [1.54, 1.807) is 49.4 Å². The number of rotatable bonds is 6. The number of nitrogens with one attached hydrogen (secondary N) is 1. The number of esters is 1. The molecule has 11 heteroatoms. The maximum absolute atomic E-state index is 13.8. The Labute approximate surface area is 216 Å². The van der Waals surface area contributed by atoms with Gasteiger partial charge in [0.15, 0.2) is 6.61 Å². The third-order valence-corrected chi connectivity index (χ3v) is 8.69. The summed E-state index contributed by atoms with van der Waals surface area (Å²) in [6.45, 7) is 1.63. The van der Waals surface area contributed by atoms with E-state index in [9.17, 15) is 19.2 Å². The van der Waals surface area contributed by atoms with Crippen LogP contribution in [0.15, 0.2) is 62.8 Å². The summed E-state index contributed by atoms with van der Waals surface area (Å²) >= 11 is 5.70. The average molecular weight is 575 g/mol. The maximum atomic E-state index is 13.8. The number of H-pyrrole nitrogens is 1. The number of hydrogen-bond acceptors (Lipinski definition) is 8. The molecule has 0 saturated carbocycles. The standard InChI is InChI=1S/C24H19BrN2O6S2/c1-2-32-16(28)11-33-15-9-8-12(25)10-14(15)17-18-20(34-21-19(17)35-24(31)26-21)23(30)27(22(18)29)13-6-4-3-5-7-13/h3-10,17-18,20H,2,11H2,1H3,(H,26,31)/t17-,18-,20+/m0/s1. The van der Waals surface area contributed by atoms with E-state index in [0.29, 0.717) is 26.9 Å². The number of halogens is 1. The Kier molecular flexibility index (Phi) is 6.56. The second kappa shape index (κ2) is 9.63. The second-order valence-corrected chi connectivity index (χ2v) is 11.0. The Morgan fingerprint density at radius 3 is 2.63 bits per heavy atom. The van der Waals surface area contributed by atoms with Crippen LogP contribution in [0.25, 0.3) is 0 Å². The number of imide groups is 1. The molecule has 2 amide bonds. The van der Waals surface area contributed by atoms with Gasteiger partial charge in [-0.1, -0.05) is 57.2 Å². The van der Waals surface area contributed by atoms with E-state index >= 15 is 0 Å². The summed E-state index contributed by atoms with van der Waals surface area (Å²) < 4.78 is 11.5. The number of hydrogen-bond donors (Lipinski definition) is 1. The predicted molar refractivity (Wildman–Crippen MR) is 135 cm³/mol. The number of nitrogens with zero attached hydrogens (tertiary/aromatic N) is 1. The zero-order valence-electron chi connectivity index (χ0n) is 18.4. The number of amides is 2. The Morgan fingerprint density at radius 2 is 1.89 bits per heavy atom. The maximum Gasteiger partial charge on any atom is 0.344 e. The zero-order chi connectivity index (χ0) is 24.7. The lowest BCUT2D eigenvalue weighted by atomic mass is 9.82. The van der Waals surface area contributed by atoms with Crippen LogP contribution in [0.4, 0.5) is 5.69 Å². The molecular weight excluding hydrogens is 556 g/mol. The van der Waals surface area contributed by atoms with E-state index in [0.717, 1.165) is 15.8 Å². The Hall–Kier alpha value is -2.89. The minimum Gasteiger partial charge on any atom is -0.482 e. The SMILES string of the molecule is CCOC(=O)COc1ccc(Br)cc1[C@@H]1c2sc(=O)[nH]c2S[C@H]2C(=O)N(c3ccccc3)C(=O)[C@@H]12. The molecule has 0 aliphatic carbocycles. The van der Waals surface area contributed by atoms with E-state index in [2.05, 4.69) is 20.9 Å². The fourth-order valence-corrected chi connectivity index (χ4v) is 7.30. The molecule has 1 N–H and O–H groups in total. The van der Waals surface area contributed by atoms with Crippen LogP contribution in [-0.2, 0) is 19.1 Å². The van der Waals surface area contributed by atoms with Crippen molar-refractivity contribution in [1.29, 1.82) is 0 Å². The monoisotopic (exact) mass is 574 g/mol. The van der Waals surface area contributed by atoms with Gasteiger partial charge in [0.25, 0.3) is 0 Å². The second-order valence-electron chi connectivity index (χ2n) is 7.87. The van der Waals surface area contributed by atoms with E-state index < -0.39 is 23.1 Å². The highest BCUT2D eigenvalue weighted by atomic mass is 79.9. The molecule has 3 aromatic rings. The van der Waals surface area contributed by atoms with Gasteiger partial charge in [-0.2, -0.15) is 0 Å². The molecule has 2 aromatic carbocycles. The molecule has 0 bridgehead atoms. The number of thiazole rings is 1. The molecule has 5 rings (SSSR count). The van der Waals surface area contributed by atoms with Crippen LogP contribution < -0.4 is 14.5 Å². The molecule has 180 valence electrons. The van der Waals surface area contributed by atoms with Gasteiger partial charge in [-0.05, 0) is 37.3 Å². The lowest BCUT2D eigenvalue weighted by molar-refractivity contribution is -0.145. The lowest BCUT2D eigenvalue weighted by Crippen LogP contribution is -2.32.